The third-order valence-corrected chi connectivity index (χ3v) is 4.43. The molecular weight excluding hydrogens is 224 g/mol. The van der Waals surface area contributed by atoms with Gasteiger partial charge < -0.3 is 10.6 Å². The van der Waals surface area contributed by atoms with Crippen LogP contribution in [0.2, 0.25) is 0 Å². The minimum atomic E-state index is 0.232. The van der Waals surface area contributed by atoms with Crippen molar-refractivity contribution in [2.24, 2.45) is 5.92 Å². The summed E-state index contributed by atoms with van der Waals surface area (Å²) >= 11 is 0. The molecule has 3 nitrogen and oxygen atoms in total. The molecule has 0 radical (unpaired) electrons. The maximum absolute atomic E-state index is 11.7. The van der Waals surface area contributed by atoms with Gasteiger partial charge in [-0.05, 0) is 31.7 Å². The van der Waals surface area contributed by atoms with E-state index >= 15 is 0 Å². The molecule has 104 valence electrons. The van der Waals surface area contributed by atoms with E-state index in [0.29, 0.717) is 12.5 Å². The Kier molecular flexibility index (Phi) is 5.98. The lowest BCUT2D eigenvalue weighted by Crippen LogP contribution is -2.32. The standard InChI is InChI=1S/C15H28N2O/c18-15(12-14-9-5-11-16-14)17-10-4-3-8-13-6-1-2-7-13/h13-14,16H,1-12H2,(H,17,18). The van der Waals surface area contributed by atoms with Crippen LogP contribution in [0.25, 0.3) is 0 Å². The van der Waals surface area contributed by atoms with E-state index in [1.54, 1.807) is 0 Å². The van der Waals surface area contributed by atoms with E-state index in [-0.39, 0.29) is 5.91 Å². The maximum atomic E-state index is 11.7. The summed E-state index contributed by atoms with van der Waals surface area (Å²) in [4.78, 5) is 11.7. The Bertz CT molecular complexity index is 243. The van der Waals surface area contributed by atoms with Crippen LogP contribution in [-0.2, 0) is 4.79 Å². The van der Waals surface area contributed by atoms with E-state index in [2.05, 4.69) is 10.6 Å². The van der Waals surface area contributed by atoms with Crippen LogP contribution in [0.1, 0.15) is 64.2 Å². The lowest BCUT2D eigenvalue weighted by molar-refractivity contribution is -0.121. The van der Waals surface area contributed by atoms with Gasteiger partial charge >= 0.3 is 0 Å². The van der Waals surface area contributed by atoms with Crippen LogP contribution in [-0.4, -0.2) is 25.0 Å². The summed E-state index contributed by atoms with van der Waals surface area (Å²) in [5.41, 5.74) is 0. The fraction of sp³-hybridized carbons (Fsp3) is 0.933. The summed E-state index contributed by atoms with van der Waals surface area (Å²) in [5, 5.41) is 6.42. The van der Waals surface area contributed by atoms with Gasteiger partial charge in [-0.25, -0.2) is 0 Å². The molecule has 3 heteroatoms. The zero-order valence-electron chi connectivity index (χ0n) is 11.5. The highest BCUT2D eigenvalue weighted by Crippen LogP contribution is 2.28. The second-order valence-electron chi connectivity index (χ2n) is 5.99. The van der Waals surface area contributed by atoms with Crippen molar-refractivity contribution in [3.63, 3.8) is 0 Å². The molecule has 2 fully saturated rings. The number of hydrogen-bond acceptors (Lipinski definition) is 2. The van der Waals surface area contributed by atoms with E-state index in [0.717, 1.165) is 31.8 Å². The third-order valence-electron chi connectivity index (χ3n) is 4.43. The average molecular weight is 252 g/mol. The predicted molar refractivity (Wildman–Crippen MR) is 74.5 cm³/mol. The van der Waals surface area contributed by atoms with Gasteiger partial charge in [0.25, 0.3) is 0 Å². The molecule has 1 amide bonds. The van der Waals surface area contributed by atoms with Crippen molar-refractivity contribution in [2.75, 3.05) is 13.1 Å². The molecule has 1 saturated carbocycles. The maximum Gasteiger partial charge on any atom is 0.221 e. The van der Waals surface area contributed by atoms with Crippen molar-refractivity contribution >= 4 is 5.91 Å². The average Bonchev–Trinajstić information content (AvgIpc) is 3.01. The number of carbonyl (C=O) groups is 1. The minimum Gasteiger partial charge on any atom is -0.356 e. The Morgan fingerprint density at radius 2 is 1.94 bits per heavy atom. The Hall–Kier alpha value is -0.570. The molecule has 1 unspecified atom stereocenters. The van der Waals surface area contributed by atoms with Crippen molar-refractivity contribution in [3.8, 4) is 0 Å². The molecule has 2 N–H and O–H groups in total. The molecule has 2 rings (SSSR count). The van der Waals surface area contributed by atoms with Gasteiger partial charge in [-0.3, -0.25) is 4.79 Å². The van der Waals surface area contributed by atoms with Crippen molar-refractivity contribution in [1.29, 1.82) is 0 Å². The smallest absolute Gasteiger partial charge is 0.221 e. The summed E-state index contributed by atoms with van der Waals surface area (Å²) < 4.78 is 0. The number of carbonyl (C=O) groups excluding carboxylic acids is 1. The highest BCUT2D eigenvalue weighted by molar-refractivity contribution is 5.76. The summed E-state index contributed by atoms with van der Waals surface area (Å²) in [6.07, 6.45) is 12.6. The number of nitrogens with one attached hydrogen (secondary N) is 2. The number of rotatable bonds is 7. The zero-order chi connectivity index (χ0) is 12.6. The first-order chi connectivity index (χ1) is 8.84. The lowest BCUT2D eigenvalue weighted by Gasteiger charge is -2.11. The van der Waals surface area contributed by atoms with Crippen LogP contribution in [0.5, 0.6) is 0 Å². The second kappa shape index (κ2) is 7.78. The summed E-state index contributed by atoms with van der Waals surface area (Å²) in [7, 11) is 0. The second-order valence-corrected chi connectivity index (χ2v) is 5.99. The van der Waals surface area contributed by atoms with Crippen LogP contribution in [0.3, 0.4) is 0 Å². The quantitative estimate of drug-likeness (QED) is 0.684. The van der Waals surface area contributed by atoms with E-state index < -0.39 is 0 Å². The summed E-state index contributed by atoms with van der Waals surface area (Å²) in [6, 6.07) is 0.434. The minimum absolute atomic E-state index is 0.232. The summed E-state index contributed by atoms with van der Waals surface area (Å²) in [5.74, 6) is 1.22. The van der Waals surface area contributed by atoms with E-state index in [1.165, 1.54) is 44.9 Å². The van der Waals surface area contributed by atoms with Crippen LogP contribution in [0.4, 0.5) is 0 Å². The summed E-state index contributed by atoms with van der Waals surface area (Å²) in [6.45, 7) is 1.96. The van der Waals surface area contributed by atoms with Gasteiger partial charge in [0.05, 0.1) is 0 Å². The Morgan fingerprint density at radius 1 is 1.11 bits per heavy atom. The molecule has 1 aliphatic heterocycles. The monoisotopic (exact) mass is 252 g/mol. The van der Waals surface area contributed by atoms with Crippen molar-refractivity contribution in [2.45, 2.75) is 70.3 Å². The van der Waals surface area contributed by atoms with Gasteiger partial charge in [0.2, 0.25) is 5.91 Å². The van der Waals surface area contributed by atoms with Gasteiger partial charge in [-0.15, -0.1) is 0 Å². The zero-order valence-corrected chi connectivity index (χ0v) is 11.5. The molecule has 18 heavy (non-hydrogen) atoms. The Morgan fingerprint density at radius 3 is 2.67 bits per heavy atom. The molecule has 0 aromatic heterocycles. The molecule has 1 atom stereocenters. The Labute approximate surface area is 111 Å². The number of unbranched alkanes of at least 4 members (excludes halogenated alkanes) is 1. The van der Waals surface area contributed by atoms with E-state index in [1.807, 2.05) is 0 Å². The molecule has 2 aliphatic rings. The highest BCUT2D eigenvalue weighted by atomic mass is 16.1. The number of amides is 1. The first kappa shape index (κ1) is 13.9. The molecular formula is C15H28N2O. The topological polar surface area (TPSA) is 41.1 Å². The lowest BCUT2D eigenvalue weighted by atomic mass is 10.0. The molecule has 1 saturated heterocycles. The van der Waals surface area contributed by atoms with E-state index in [4.69, 9.17) is 0 Å². The van der Waals surface area contributed by atoms with Crippen LogP contribution in [0.15, 0.2) is 0 Å². The first-order valence-corrected chi connectivity index (χ1v) is 7.84. The van der Waals surface area contributed by atoms with Gasteiger partial charge in [0, 0.05) is 19.0 Å². The molecule has 0 aromatic carbocycles. The van der Waals surface area contributed by atoms with E-state index in [9.17, 15) is 4.79 Å². The fourth-order valence-electron chi connectivity index (χ4n) is 3.31. The largest absolute Gasteiger partial charge is 0.356 e. The molecule has 1 aliphatic carbocycles. The third kappa shape index (κ3) is 4.97. The molecule has 1 heterocycles. The van der Waals surface area contributed by atoms with Crippen molar-refractivity contribution < 1.29 is 4.79 Å². The Balaban J connectivity index is 1.43. The highest BCUT2D eigenvalue weighted by Gasteiger charge is 2.17. The first-order valence-electron chi connectivity index (χ1n) is 7.84. The van der Waals surface area contributed by atoms with Gasteiger partial charge in [0.1, 0.15) is 0 Å². The molecule has 0 bridgehead atoms. The van der Waals surface area contributed by atoms with Gasteiger partial charge in [-0.1, -0.05) is 38.5 Å². The predicted octanol–water partition coefficient (Wildman–Crippen LogP) is 2.61. The SMILES string of the molecule is O=C(CC1CCCN1)NCCCCC1CCCC1. The van der Waals surface area contributed by atoms with Crippen molar-refractivity contribution in [1.82, 2.24) is 10.6 Å². The van der Waals surface area contributed by atoms with Gasteiger partial charge in [0.15, 0.2) is 0 Å². The number of hydrogen-bond donors (Lipinski definition) is 2. The van der Waals surface area contributed by atoms with Crippen LogP contribution in [0, 0.1) is 5.92 Å². The van der Waals surface area contributed by atoms with Crippen LogP contribution < -0.4 is 10.6 Å². The molecule has 0 aromatic rings. The fourth-order valence-corrected chi connectivity index (χ4v) is 3.31. The molecule has 0 spiro atoms. The normalized spacial score (nSPS) is 24.6. The van der Waals surface area contributed by atoms with Crippen LogP contribution >= 0.6 is 0 Å². The van der Waals surface area contributed by atoms with Gasteiger partial charge in [-0.2, -0.15) is 0 Å². The van der Waals surface area contributed by atoms with Crippen molar-refractivity contribution in [3.05, 3.63) is 0 Å².